The minimum absolute atomic E-state index is 0.0584. The van der Waals surface area contributed by atoms with Gasteiger partial charge in [-0.2, -0.15) is 5.26 Å². The molecule has 2 aromatic rings. The SMILES string of the molecule is N#C/C(=C/Nc1ncccn1)C(=O)Nc1ccc(Cl)c([N+](=O)[O-])c1. The summed E-state index contributed by atoms with van der Waals surface area (Å²) in [5, 5.41) is 24.8. The van der Waals surface area contributed by atoms with Gasteiger partial charge in [0.15, 0.2) is 0 Å². The zero-order chi connectivity index (χ0) is 17.5. The summed E-state index contributed by atoms with van der Waals surface area (Å²) in [7, 11) is 0. The third kappa shape index (κ3) is 4.25. The summed E-state index contributed by atoms with van der Waals surface area (Å²) in [4.78, 5) is 29.9. The number of rotatable bonds is 5. The maximum Gasteiger partial charge on any atom is 0.289 e. The number of aromatic nitrogens is 2. The highest BCUT2D eigenvalue weighted by Crippen LogP contribution is 2.27. The number of nitro groups is 1. The molecule has 0 radical (unpaired) electrons. The van der Waals surface area contributed by atoms with Crippen molar-refractivity contribution in [3.8, 4) is 6.07 Å². The van der Waals surface area contributed by atoms with Crippen molar-refractivity contribution < 1.29 is 9.72 Å². The molecular weight excluding hydrogens is 336 g/mol. The smallest absolute Gasteiger partial charge is 0.289 e. The molecular formula is C14H9ClN6O3. The summed E-state index contributed by atoms with van der Waals surface area (Å²) in [6.07, 6.45) is 4.11. The van der Waals surface area contributed by atoms with Gasteiger partial charge in [-0.15, -0.1) is 0 Å². The van der Waals surface area contributed by atoms with Crippen LogP contribution in [0, 0.1) is 21.4 Å². The van der Waals surface area contributed by atoms with Crippen molar-refractivity contribution in [1.29, 1.82) is 5.26 Å². The number of nitriles is 1. The third-order valence-corrected chi connectivity index (χ3v) is 3.00. The number of benzene rings is 1. The summed E-state index contributed by atoms with van der Waals surface area (Å²) in [6, 6.07) is 7.09. The molecule has 0 spiro atoms. The molecule has 2 N–H and O–H groups in total. The van der Waals surface area contributed by atoms with E-state index in [9.17, 15) is 14.9 Å². The summed E-state index contributed by atoms with van der Waals surface area (Å²) in [5.41, 5.74) is -0.485. The van der Waals surface area contributed by atoms with Crippen LogP contribution in [-0.2, 0) is 4.79 Å². The molecule has 0 aliphatic rings. The van der Waals surface area contributed by atoms with Crippen LogP contribution in [0.2, 0.25) is 5.02 Å². The molecule has 0 aliphatic carbocycles. The van der Waals surface area contributed by atoms with Crippen molar-refractivity contribution in [2.45, 2.75) is 0 Å². The Labute approximate surface area is 140 Å². The predicted octanol–water partition coefficient (Wildman–Crippen LogP) is 2.50. The second-order valence-electron chi connectivity index (χ2n) is 4.26. The lowest BCUT2D eigenvalue weighted by molar-refractivity contribution is -0.384. The normalized spacial score (nSPS) is 10.6. The van der Waals surface area contributed by atoms with E-state index in [0.717, 1.165) is 12.3 Å². The summed E-state index contributed by atoms with van der Waals surface area (Å²) >= 11 is 5.69. The van der Waals surface area contributed by atoms with Crippen LogP contribution in [-0.4, -0.2) is 20.8 Å². The maximum absolute atomic E-state index is 12.0. The average Bonchev–Trinajstić information content (AvgIpc) is 2.58. The Kier molecular flexibility index (Phi) is 5.38. The third-order valence-electron chi connectivity index (χ3n) is 2.68. The Bertz CT molecular complexity index is 847. The van der Waals surface area contributed by atoms with E-state index in [-0.39, 0.29) is 27.9 Å². The average molecular weight is 345 g/mol. The van der Waals surface area contributed by atoms with Crippen LogP contribution in [0.25, 0.3) is 0 Å². The van der Waals surface area contributed by atoms with Crippen LogP contribution in [0.4, 0.5) is 17.3 Å². The fraction of sp³-hybridized carbons (Fsp3) is 0. The monoisotopic (exact) mass is 344 g/mol. The molecule has 0 unspecified atom stereocenters. The van der Waals surface area contributed by atoms with Crippen LogP contribution in [0.3, 0.4) is 0 Å². The first-order chi connectivity index (χ1) is 11.5. The molecule has 9 nitrogen and oxygen atoms in total. The van der Waals surface area contributed by atoms with Crippen LogP contribution in [0.5, 0.6) is 0 Å². The first-order valence-electron chi connectivity index (χ1n) is 6.40. The summed E-state index contributed by atoms with van der Waals surface area (Å²) < 4.78 is 0. The highest BCUT2D eigenvalue weighted by Gasteiger charge is 2.15. The molecule has 10 heteroatoms. The minimum atomic E-state index is -0.752. The highest BCUT2D eigenvalue weighted by molar-refractivity contribution is 6.32. The van der Waals surface area contributed by atoms with Gasteiger partial charge in [-0.3, -0.25) is 14.9 Å². The van der Waals surface area contributed by atoms with E-state index in [1.807, 2.05) is 0 Å². The predicted molar refractivity (Wildman–Crippen MR) is 86.1 cm³/mol. The number of hydrogen-bond acceptors (Lipinski definition) is 7. The summed E-state index contributed by atoms with van der Waals surface area (Å²) in [6.45, 7) is 0. The zero-order valence-electron chi connectivity index (χ0n) is 11.9. The van der Waals surface area contributed by atoms with Gasteiger partial charge >= 0.3 is 0 Å². The second-order valence-corrected chi connectivity index (χ2v) is 4.67. The number of nitrogens with zero attached hydrogens (tertiary/aromatic N) is 4. The molecule has 1 heterocycles. The van der Waals surface area contributed by atoms with E-state index in [4.69, 9.17) is 16.9 Å². The van der Waals surface area contributed by atoms with Gasteiger partial charge in [0.1, 0.15) is 16.7 Å². The molecule has 0 fully saturated rings. The van der Waals surface area contributed by atoms with Gasteiger partial charge in [-0.1, -0.05) is 11.6 Å². The lowest BCUT2D eigenvalue weighted by Crippen LogP contribution is -2.15. The standard InChI is InChI=1S/C14H9ClN6O3/c15-11-3-2-10(6-12(11)21(23)24)20-13(22)9(7-16)8-19-14-17-4-1-5-18-14/h1-6,8H,(H,20,22)(H,17,18,19)/b9-8-. The first-order valence-corrected chi connectivity index (χ1v) is 6.78. The van der Waals surface area contributed by atoms with Crippen molar-refractivity contribution in [3.63, 3.8) is 0 Å². The molecule has 0 bridgehead atoms. The zero-order valence-corrected chi connectivity index (χ0v) is 12.7. The quantitative estimate of drug-likeness (QED) is 0.368. The number of anilines is 2. The number of nitro benzene ring substituents is 1. The maximum atomic E-state index is 12.0. The Hall–Kier alpha value is -3.51. The molecule has 0 saturated carbocycles. The van der Waals surface area contributed by atoms with Crippen molar-refractivity contribution in [3.05, 3.63) is 63.6 Å². The lowest BCUT2D eigenvalue weighted by atomic mass is 10.2. The summed E-state index contributed by atoms with van der Waals surface area (Å²) in [5.74, 6) is -0.544. The van der Waals surface area contributed by atoms with Gasteiger partial charge in [-0.25, -0.2) is 9.97 Å². The molecule has 1 aromatic heterocycles. The molecule has 0 saturated heterocycles. The largest absolute Gasteiger partial charge is 0.329 e. The van der Waals surface area contributed by atoms with Crippen molar-refractivity contribution in [1.82, 2.24) is 9.97 Å². The van der Waals surface area contributed by atoms with Gasteiger partial charge < -0.3 is 10.6 Å². The van der Waals surface area contributed by atoms with Crippen LogP contribution in [0.1, 0.15) is 0 Å². The number of halogens is 1. The van der Waals surface area contributed by atoms with E-state index < -0.39 is 10.8 Å². The van der Waals surface area contributed by atoms with E-state index in [2.05, 4.69) is 20.6 Å². The number of carbonyl (C=O) groups excluding carboxylic acids is 1. The van der Waals surface area contributed by atoms with Crippen LogP contribution >= 0.6 is 11.6 Å². The van der Waals surface area contributed by atoms with Gasteiger partial charge in [0.05, 0.1) is 4.92 Å². The van der Waals surface area contributed by atoms with E-state index in [1.165, 1.54) is 24.5 Å². The second kappa shape index (κ2) is 7.66. The molecule has 0 aliphatic heterocycles. The Balaban J connectivity index is 2.14. The molecule has 2 rings (SSSR count). The fourth-order valence-corrected chi connectivity index (χ4v) is 1.77. The van der Waals surface area contributed by atoms with Gasteiger partial charge in [0.25, 0.3) is 11.6 Å². The molecule has 120 valence electrons. The molecule has 1 aromatic carbocycles. The number of nitrogens with one attached hydrogen (secondary N) is 2. The highest BCUT2D eigenvalue weighted by atomic mass is 35.5. The van der Waals surface area contributed by atoms with E-state index in [0.29, 0.717) is 0 Å². The van der Waals surface area contributed by atoms with Gasteiger partial charge in [0, 0.05) is 30.3 Å². The molecule has 1 amide bonds. The Morgan fingerprint density at radius 2 is 2.08 bits per heavy atom. The van der Waals surface area contributed by atoms with Crippen molar-refractivity contribution >= 4 is 34.8 Å². The fourth-order valence-electron chi connectivity index (χ4n) is 1.59. The minimum Gasteiger partial charge on any atom is -0.329 e. The van der Waals surface area contributed by atoms with E-state index in [1.54, 1.807) is 12.1 Å². The topological polar surface area (TPSA) is 134 Å². The lowest BCUT2D eigenvalue weighted by Gasteiger charge is -2.05. The first kappa shape index (κ1) is 16.9. The number of carbonyl (C=O) groups is 1. The van der Waals surface area contributed by atoms with Crippen LogP contribution < -0.4 is 10.6 Å². The number of amides is 1. The van der Waals surface area contributed by atoms with Crippen molar-refractivity contribution in [2.24, 2.45) is 0 Å². The van der Waals surface area contributed by atoms with Gasteiger partial charge in [-0.05, 0) is 18.2 Å². The van der Waals surface area contributed by atoms with E-state index >= 15 is 0 Å². The van der Waals surface area contributed by atoms with Gasteiger partial charge in [0.2, 0.25) is 5.95 Å². The Morgan fingerprint density at radius 1 is 1.38 bits per heavy atom. The van der Waals surface area contributed by atoms with Crippen molar-refractivity contribution in [2.75, 3.05) is 10.6 Å². The molecule has 0 atom stereocenters. The Morgan fingerprint density at radius 3 is 2.71 bits per heavy atom. The van der Waals surface area contributed by atoms with Crippen LogP contribution in [0.15, 0.2) is 48.4 Å². The molecule has 24 heavy (non-hydrogen) atoms. The number of hydrogen-bond donors (Lipinski definition) is 2.